The van der Waals surface area contributed by atoms with E-state index in [1.807, 2.05) is 31.2 Å². The Hall–Kier alpha value is -3.35. The van der Waals surface area contributed by atoms with E-state index < -0.39 is 0 Å². The molecule has 3 rings (SSSR count). The fraction of sp³-hybridized carbons (Fsp3) is 0.211. The van der Waals surface area contributed by atoms with Crippen molar-refractivity contribution in [2.75, 3.05) is 21.3 Å². The molecule has 7 nitrogen and oxygen atoms in total. The Morgan fingerprint density at radius 2 is 1.58 bits per heavy atom. The van der Waals surface area contributed by atoms with Gasteiger partial charge in [0.05, 0.1) is 21.3 Å². The minimum atomic E-state index is -0.324. The van der Waals surface area contributed by atoms with Crippen molar-refractivity contribution in [1.29, 1.82) is 0 Å². The lowest BCUT2D eigenvalue weighted by Crippen LogP contribution is -2.06. The van der Waals surface area contributed by atoms with Gasteiger partial charge in [-0.3, -0.25) is 9.89 Å². The zero-order valence-corrected chi connectivity index (χ0v) is 15.0. The number of hydrogen-bond donors (Lipinski definition) is 1. The number of benzene rings is 2. The third-order valence-electron chi connectivity index (χ3n) is 3.94. The number of hydrogen-bond acceptors (Lipinski definition) is 6. The number of nitrogens with one attached hydrogen (secondary N) is 1. The van der Waals surface area contributed by atoms with Crippen LogP contribution in [0.5, 0.6) is 17.2 Å². The highest BCUT2D eigenvalue weighted by molar-refractivity contribution is 6.07. The van der Waals surface area contributed by atoms with Crippen molar-refractivity contribution in [3.63, 3.8) is 0 Å². The molecule has 0 saturated heterocycles. The molecule has 0 atom stereocenters. The summed E-state index contributed by atoms with van der Waals surface area (Å²) in [6, 6.07) is 10.9. The maximum atomic E-state index is 12.8. The second kappa shape index (κ2) is 7.26. The highest BCUT2D eigenvalue weighted by atomic mass is 16.5. The molecular weight excluding hydrogens is 334 g/mol. The normalized spacial score (nSPS) is 10.5. The van der Waals surface area contributed by atoms with Crippen molar-refractivity contribution in [3.05, 3.63) is 53.3 Å². The fourth-order valence-corrected chi connectivity index (χ4v) is 2.54. The first-order valence-corrected chi connectivity index (χ1v) is 7.91. The van der Waals surface area contributed by atoms with Crippen molar-refractivity contribution < 1.29 is 19.0 Å². The quantitative estimate of drug-likeness (QED) is 0.686. The van der Waals surface area contributed by atoms with Crippen molar-refractivity contribution in [3.8, 4) is 28.6 Å². The largest absolute Gasteiger partial charge is 0.493 e. The van der Waals surface area contributed by atoms with E-state index in [9.17, 15) is 4.79 Å². The number of ketones is 1. The molecule has 1 aromatic heterocycles. The number of ether oxygens (including phenoxy) is 3. The van der Waals surface area contributed by atoms with Crippen LogP contribution in [0.1, 0.15) is 21.7 Å². The van der Waals surface area contributed by atoms with Crippen LogP contribution < -0.4 is 14.2 Å². The summed E-state index contributed by atoms with van der Waals surface area (Å²) in [6.07, 6.45) is 0. The summed E-state index contributed by atoms with van der Waals surface area (Å²) in [5.41, 5.74) is 2.32. The van der Waals surface area contributed by atoms with Gasteiger partial charge in [0.2, 0.25) is 11.5 Å². The van der Waals surface area contributed by atoms with Crippen LogP contribution in [0, 0.1) is 6.92 Å². The maximum Gasteiger partial charge on any atom is 0.230 e. The maximum absolute atomic E-state index is 12.8. The van der Waals surface area contributed by atoms with E-state index in [4.69, 9.17) is 14.2 Å². The Labute approximate surface area is 150 Å². The molecule has 2 aromatic carbocycles. The monoisotopic (exact) mass is 353 g/mol. The van der Waals surface area contributed by atoms with E-state index in [0.717, 1.165) is 11.1 Å². The Balaban J connectivity index is 1.96. The first kappa shape index (κ1) is 17.5. The number of carbonyl (C=O) groups excluding carboxylic acids is 1. The van der Waals surface area contributed by atoms with Crippen molar-refractivity contribution in [2.45, 2.75) is 6.92 Å². The van der Waals surface area contributed by atoms with Crippen LogP contribution in [0.2, 0.25) is 0 Å². The van der Waals surface area contributed by atoms with E-state index in [1.54, 1.807) is 12.1 Å². The van der Waals surface area contributed by atoms with Gasteiger partial charge < -0.3 is 14.2 Å². The molecule has 0 unspecified atom stereocenters. The average Bonchev–Trinajstić information content (AvgIpc) is 3.16. The number of aromatic amines is 1. The van der Waals surface area contributed by atoms with Gasteiger partial charge in [-0.15, -0.1) is 0 Å². The molecule has 0 saturated carbocycles. The molecule has 0 radical (unpaired) electrons. The zero-order chi connectivity index (χ0) is 18.7. The molecule has 0 aliphatic rings. The van der Waals surface area contributed by atoms with Crippen molar-refractivity contribution in [1.82, 2.24) is 15.2 Å². The van der Waals surface area contributed by atoms with Gasteiger partial charge in [0.15, 0.2) is 23.1 Å². The number of carbonyl (C=O) groups is 1. The highest BCUT2D eigenvalue weighted by Crippen LogP contribution is 2.38. The molecule has 0 amide bonds. The Kier molecular flexibility index (Phi) is 4.88. The summed E-state index contributed by atoms with van der Waals surface area (Å²) in [7, 11) is 4.50. The molecule has 0 spiro atoms. The lowest BCUT2D eigenvalue weighted by molar-refractivity contribution is 0.102. The van der Waals surface area contributed by atoms with Crippen LogP contribution in [-0.4, -0.2) is 42.3 Å². The van der Waals surface area contributed by atoms with E-state index in [-0.39, 0.29) is 11.6 Å². The van der Waals surface area contributed by atoms with Gasteiger partial charge in [-0.05, 0) is 19.1 Å². The van der Waals surface area contributed by atoms with Gasteiger partial charge in [-0.25, -0.2) is 4.98 Å². The average molecular weight is 353 g/mol. The Bertz CT molecular complexity index is 907. The smallest absolute Gasteiger partial charge is 0.230 e. The zero-order valence-electron chi connectivity index (χ0n) is 15.0. The molecule has 0 aliphatic carbocycles. The summed E-state index contributed by atoms with van der Waals surface area (Å²) in [6.45, 7) is 2.00. The van der Waals surface area contributed by atoms with Gasteiger partial charge in [0, 0.05) is 11.1 Å². The Morgan fingerprint density at radius 1 is 0.962 bits per heavy atom. The number of aromatic nitrogens is 3. The summed E-state index contributed by atoms with van der Waals surface area (Å²) in [5.74, 6) is 1.48. The summed E-state index contributed by atoms with van der Waals surface area (Å²) in [4.78, 5) is 17.1. The number of methoxy groups -OCH3 is 3. The number of nitrogens with zero attached hydrogens (tertiary/aromatic N) is 2. The van der Waals surface area contributed by atoms with Crippen LogP contribution in [0.3, 0.4) is 0 Å². The van der Waals surface area contributed by atoms with Crippen LogP contribution in [0.25, 0.3) is 11.4 Å². The molecule has 3 aromatic rings. The summed E-state index contributed by atoms with van der Waals surface area (Å²) < 4.78 is 15.8. The minimum absolute atomic E-state index is 0.134. The molecular formula is C19H19N3O4. The van der Waals surface area contributed by atoms with Crippen molar-refractivity contribution >= 4 is 5.78 Å². The van der Waals surface area contributed by atoms with Gasteiger partial charge in [0.1, 0.15) is 0 Å². The number of H-pyrrole nitrogens is 1. The van der Waals surface area contributed by atoms with Crippen LogP contribution >= 0.6 is 0 Å². The van der Waals surface area contributed by atoms with E-state index in [1.165, 1.54) is 21.3 Å². The molecule has 134 valence electrons. The summed E-state index contributed by atoms with van der Waals surface area (Å²) >= 11 is 0. The van der Waals surface area contributed by atoms with Crippen LogP contribution in [0.4, 0.5) is 0 Å². The van der Waals surface area contributed by atoms with Gasteiger partial charge in [-0.1, -0.05) is 29.8 Å². The lowest BCUT2D eigenvalue weighted by atomic mass is 10.1. The predicted molar refractivity (Wildman–Crippen MR) is 96.1 cm³/mol. The van der Waals surface area contributed by atoms with E-state index >= 15 is 0 Å². The van der Waals surface area contributed by atoms with Gasteiger partial charge in [-0.2, -0.15) is 5.10 Å². The third kappa shape index (κ3) is 3.23. The lowest BCUT2D eigenvalue weighted by Gasteiger charge is -2.13. The standard InChI is InChI=1S/C19H19N3O4/c1-11-5-7-12(8-6-11)18-20-19(22-21-18)16(23)13-9-14(24-2)17(26-4)15(10-13)25-3/h5-10H,1-4H3,(H,20,21,22). The molecule has 1 heterocycles. The first-order chi connectivity index (χ1) is 12.6. The SMILES string of the molecule is COc1cc(C(=O)c2nc(-c3ccc(C)cc3)n[nH]2)cc(OC)c1OC. The van der Waals surface area contributed by atoms with Crippen LogP contribution in [0.15, 0.2) is 36.4 Å². The van der Waals surface area contributed by atoms with E-state index in [2.05, 4.69) is 15.2 Å². The van der Waals surface area contributed by atoms with Gasteiger partial charge in [0.25, 0.3) is 0 Å². The fourth-order valence-electron chi connectivity index (χ4n) is 2.54. The van der Waals surface area contributed by atoms with Crippen molar-refractivity contribution in [2.24, 2.45) is 0 Å². The molecule has 26 heavy (non-hydrogen) atoms. The summed E-state index contributed by atoms with van der Waals surface area (Å²) in [5, 5.41) is 6.83. The minimum Gasteiger partial charge on any atom is -0.493 e. The molecule has 0 aliphatic heterocycles. The molecule has 1 N–H and O–H groups in total. The second-order valence-corrected chi connectivity index (χ2v) is 5.62. The first-order valence-electron chi connectivity index (χ1n) is 7.91. The molecule has 0 fully saturated rings. The molecule has 7 heteroatoms. The molecule has 0 bridgehead atoms. The number of rotatable bonds is 6. The Morgan fingerprint density at radius 3 is 2.12 bits per heavy atom. The number of aryl methyl sites for hydroxylation is 1. The van der Waals surface area contributed by atoms with Gasteiger partial charge >= 0.3 is 0 Å². The topological polar surface area (TPSA) is 86.3 Å². The highest BCUT2D eigenvalue weighted by Gasteiger charge is 2.20. The van der Waals surface area contributed by atoms with E-state index in [0.29, 0.717) is 28.6 Å². The van der Waals surface area contributed by atoms with Crippen LogP contribution in [-0.2, 0) is 0 Å². The second-order valence-electron chi connectivity index (χ2n) is 5.62. The predicted octanol–water partition coefficient (Wildman–Crippen LogP) is 3.04. The third-order valence-corrected chi connectivity index (χ3v) is 3.94.